The summed E-state index contributed by atoms with van der Waals surface area (Å²) in [5.41, 5.74) is 5.54. The third kappa shape index (κ3) is 3.92. The Labute approximate surface area is 166 Å². The lowest BCUT2D eigenvalue weighted by Gasteiger charge is -2.08. The van der Waals surface area contributed by atoms with Crippen molar-refractivity contribution in [1.29, 1.82) is 0 Å². The number of hydrogen-bond acceptors (Lipinski definition) is 4. The van der Waals surface area contributed by atoms with Gasteiger partial charge in [0, 0.05) is 5.56 Å². The maximum Gasteiger partial charge on any atom is 0.313 e. The first-order valence-corrected chi connectivity index (χ1v) is 9.87. The van der Waals surface area contributed by atoms with Crippen molar-refractivity contribution in [2.75, 3.05) is 5.75 Å². The molecule has 28 heavy (non-hydrogen) atoms. The van der Waals surface area contributed by atoms with Crippen molar-refractivity contribution in [3.05, 3.63) is 65.7 Å². The van der Waals surface area contributed by atoms with Gasteiger partial charge in [0.15, 0.2) is 11.0 Å². The van der Waals surface area contributed by atoms with Crippen LogP contribution in [0.15, 0.2) is 59.8 Å². The fourth-order valence-corrected chi connectivity index (χ4v) is 3.73. The van der Waals surface area contributed by atoms with Gasteiger partial charge in [-0.05, 0) is 59.5 Å². The number of aryl methyl sites for hydroxylation is 2. The maximum atomic E-state index is 10.7. The van der Waals surface area contributed by atoms with E-state index in [4.69, 9.17) is 5.11 Å². The molecule has 0 aliphatic carbocycles. The lowest BCUT2D eigenvalue weighted by atomic mass is 9.97. The number of thioether (sulfide) groups is 1. The van der Waals surface area contributed by atoms with Crippen LogP contribution in [0.3, 0.4) is 0 Å². The molecule has 1 heterocycles. The van der Waals surface area contributed by atoms with Crippen LogP contribution in [0.5, 0.6) is 0 Å². The summed E-state index contributed by atoms with van der Waals surface area (Å²) in [6.07, 6.45) is 0. The van der Waals surface area contributed by atoms with E-state index in [1.807, 2.05) is 13.0 Å². The van der Waals surface area contributed by atoms with Crippen LogP contribution in [-0.2, 0) is 4.79 Å². The largest absolute Gasteiger partial charge is 0.481 e. The Morgan fingerprint density at radius 3 is 2.46 bits per heavy atom. The molecule has 2 N–H and O–H groups in total. The second-order valence-electron chi connectivity index (χ2n) is 6.81. The second-order valence-corrected chi connectivity index (χ2v) is 7.78. The Hall–Kier alpha value is -3.12. The number of aromatic nitrogens is 3. The molecule has 6 heteroatoms. The fraction of sp³-hybridized carbons (Fsp3) is 0.136. The van der Waals surface area contributed by atoms with Crippen molar-refractivity contribution in [2.45, 2.75) is 19.0 Å². The van der Waals surface area contributed by atoms with Crippen LogP contribution in [0, 0.1) is 13.8 Å². The molecule has 0 saturated carbocycles. The standard InChI is InChI=1S/C22H19N3O2S/c1-13-3-4-16-10-17(6-5-15(16)7-13)18-8-14(2)9-19(11-18)21-23-22(25-24-21)28-12-20(26)27/h3-11H,12H2,1-2H3,(H,26,27)(H,23,24,25). The van der Waals surface area contributed by atoms with Crippen LogP contribution in [0.1, 0.15) is 11.1 Å². The fourth-order valence-electron chi connectivity index (χ4n) is 3.20. The molecule has 0 aliphatic heterocycles. The second kappa shape index (κ2) is 7.48. The molecule has 0 fully saturated rings. The van der Waals surface area contributed by atoms with Crippen molar-refractivity contribution < 1.29 is 9.90 Å². The number of rotatable bonds is 5. The van der Waals surface area contributed by atoms with Gasteiger partial charge in [0.2, 0.25) is 0 Å². The maximum absolute atomic E-state index is 10.7. The average molecular weight is 389 g/mol. The number of carbonyl (C=O) groups is 1. The number of carboxylic acid groups (broad SMARTS) is 1. The summed E-state index contributed by atoms with van der Waals surface area (Å²) >= 11 is 1.12. The van der Waals surface area contributed by atoms with Crippen LogP contribution in [-0.4, -0.2) is 32.0 Å². The van der Waals surface area contributed by atoms with Crippen molar-refractivity contribution >= 4 is 28.5 Å². The summed E-state index contributed by atoms with van der Waals surface area (Å²) in [5, 5.41) is 20.0. The monoisotopic (exact) mass is 389 g/mol. The van der Waals surface area contributed by atoms with Crippen molar-refractivity contribution in [3.63, 3.8) is 0 Å². The summed E-state index contributed by atoms with van der Waals surface area (Å²) in [5.74, 6) is -0.300. The van der Waals surface area contributed by atoms with Crippen molar-refractivity contribution in [3.8, 4) is 22.5 Å². The minimum atomic E-state index is -0.882. The van der Waals surface area contributed by atoms with Crippen LogP contribution < -0.4 is 0 Å². The number of carboxylic acids is 1. The third-order valence-corrected chi connectivity index (χ3v) is 5.33. The highest BCUT2D eigenvalue weighted by Crippen LogP contribution is 2.30. The summed E-state index contributed by atoms with van der Waals surface area (Å²) < 4.78 is 0. The van der Waals surface area contributed by atoms with Gasteiger partial charge in [-0.3, -0.25) is 4.79 Å². The van der Waals surface area contributed by atoms with E-state index < -0.39 is 5.97 Å². The van der Waals surface area contributed by atoms with Gasteiger partial charge in [0.25, 0.3) is 0 Å². The minimum absolute atomic E-state index is 0.0513. The van der Waals surface area contributed by atoms with Gasteiger partial charge in [-0.15, -0.1) is 10.2 Å². The Kier molecular flexibility index (Phi) is 4.88. The van der Waals surface area contributed by atoms with Crippen molar-refractivity contribution in [1.82, 2.24) is 15.2 Å². The summed E-state index contributed by atoms with van der Waals surface area (Å²) in [7, 11) is 0. The van der Waals surface area contributed by atoms with Crippen LogP contribution in [0.4, 0.5) is 0 Å². The number of benzene rings is 3. The number of H-pyrrole nitrogens is 1. The van der Waals surface area contributed by atoms with E-state index in [-0.39, 0.29) is 5.75 Å². The highest BCUT2D eigenvalue weighted by atomic mass is 32.2. The molecule has 4 rings (SSSR count). The number of aliphatic carboxylic acids is 1. The third-order valence-electron chi connectivity index (χ3n) is 4.48. The highest BCUT2D eigenvalue weighted by molar-refractivity contribution is 7.99. The van der Waals surface area contributed by atoms with Gasteiger partial charge in [0.1, 0.15) is 0 Å². The van der Waals surface area contributed by atoms with Gasteiger partial charge in [-0.1, -0.05) is 53.7 Å². The van der Waals surface area contributed by atoms with E-state index >= 15 is 0 Å². The molecular formula is C22H19N3O2S. The van der Waals surface area contributed by atoms with E-state index in [1.165, 1.54) is 16.3 Å². The molecule has 0 bridgehead atoms. The quantitative estimate of drug-likeness (QED) is 0.465. The minimum Gasteiger partial charge on any atom is -0.481 e. The molecule has 0 saturated heterocycles. The number of nitrogens with one attached hydrogen (secondary N) is 1. The van der Waals surface area contributed by atoms with Gasteiger partial charge >= 0.3 is 5.97 Å². The number of hydrogen-bond donors (Lipinski definition) is 2. The van der Waals surface area contributed by atoms with E-state index in [0.29, 0.717) is 11.0 Å². The van der Waals surface area contributed by atoms with Crippen LogP contribution in [0.25, 0.3) is 33.3 Å². The molecular weight excluding hydrogens is 370 g/mol. The molecule has 0 aliphatic rings. The summed E-state index contributed by atoms with van der Waals surface area (Å²) in [6.45, 7) is 4.15. The molecule has 0 radical (unpaired) electrons. The van der Waals surface area contributed by atoms with E-state index in [1.54, 1.807) is 0 Å². The summed E-state index contributed by atoms with van der Waals surface area (Å²) in [4.78, 5) is 13.8. The predicted octanol–water partition coefficient (Wildman–Crippen LogP) is 5.09. The van der Waals surface area contributed by atoms with E-state index in [9.17, 15) is 4.79 Å². The average Bonchev–Trinajstić information content (AvgIpc) is 3.14. The van der Waals surface area contributed by atoms with Gasteiger partial charge in [-0.2, -0.15) is 0 Å². The smallest absolute Gasteiger partial charge is 0.313 e. The molecule has 3 aromatic carbocycles. The zero-order valence-corrected chi connectivity index (χ0v) is 16.4. The number of aromatic amines is 1. The van der Waals surface area contributed by atoms with E-state index in [0.717, 1.165) is 34.0 Å². The van der Waals surface area contributed by atoms with E-state index in [2.05, 4.69) is 70.6 Å². The Morgan fingerprint density at radius 1 is 0.893 bits per heavy atom. The van der Waals surface area contributed by atoms with Crippen LogP contribution >= 0.6 is 11.8 Å². The lowest BCUT2D eigenvalue weighted by Crippen LogP contribution is -1.97. The SMILES string of the molecule is Cc1cc(-c2ccc3cc(C)ccc3c2)cc(-c2nnc(SCC(=O)O)[nH]2)c1. The zero-order valence-electron chi connectivity index (χ0n) is 15.6. The molecule has 0 spiro atoms. The molecule has 4 aromatic rings. The molecule has 0 unspecified atom stereocenters. The lowest BCUT2D eigenvalue weighted by molar-refractivity contribution is -0.133. The Bertz CT molecular complexity index is 1180. The molecule has 5 nitrogen and oxygen atoms in total. The molecule has 1 aromatic heterocycles. The normalized spacial score (nSPS) is 11.1. The topological polar surface area (TPSA) is 78.9 Å². The zero-order chi connectivity index (χ0) is 19.7. The Morgan fingerprint density at radius 2 is 1.64 bits per heavy atom. The predicted molar refractivity (Wildman–Crippen MR) is 113 cm³/mol. The first-order valence-electron chi connectivity index (χ1n) is 8.88. The Balaban J connectivity index is 1.69. The van der Waals surface area contributed by atoms with Crippen molar-refractivity contribution in [2.24, 2.45) is 0 Å². The first-order chi connectivity index (χ1) is 13.5. The highest BCUT2D eigenvalue weighted by Gasteiger charge is 2.10. The van der Waals surface area contributed by atoms with Gasteiger partial charge in [-0.25, -0.2) is 0 Å². The van der Waals surface area contributed by atoms with Crippen LogP contribution in [0.2, 0.25) is 0 Å². The number of fused-ring (bicyclic) bond motifs is 1. The number of nitrogens with zero attached hydrogens (tertiary/aromatic N) is 2. The molecule has 0 amide bonds. The van der Waals surface area contributed by atoms with Gasteiger partial charge < -0.3 is 10.1 Å². The molecule has 140 valence electrons. The molecule has 0 atom stereocenters. The first kappa shape index (κ1) is 18.3. The van der Waals surface area contributed by atoms with Gasteiger partial charge in [0.05, 0.1) is 5.75 Å². The summed E-state index contributed by atoms with van der Waals surface area (Å²) in [6, 6.07) is 19.2.